The highest BCUT2D eigenvalue weighted by Crippen LogP contribution is 2.36. The molecule has 0 aliphatic carbocycles. The average Bonchev–Trinajstić information content (AvgIpc) is 2.73. The third kappa shape index (κ3) is 4.55. The Morgan fingerprint density at radius 2 is 1.41 bits per heavy atom. The first-order chi connectivity index (χ1) is 13.9. The summed E-state index contributed by atoms with van der Waals surface area (Å²) in [5, 5.41) is 3.38. The first-order valence-electron chi connectivity index (χ1n) is 8.93. The zero-order chi connectivity index (χ0) is 20.9. The number of nitrogens with zero attached hydrogens (tertiary/aromatic N) is 1. The van der Waals surface area contributed by atoms with Gasteiger partial charge in [-0.05, 0) is 35.7 Å². The molecule has 0 aliphatic rings. The van der Waals surface area contributed by atoms with Crippen molar-refractivity contribution in [3.8, 4) is 0 Å². The molecule has 0 radical (unpaired) electrons. The summed E-state index contributed by atoms with van der Waals surface area (Å²) < 4.78 is 27.3. The van der Waals surface area contributed by atoms with Gasteiger partial charge in [0.2, 0.25) is 5.54 Å². The van der Waals surface area contributed by atoms with Crippen molar-refractivity contribution in [3.05, 3.63) is 107 Å². The maximum atomic E-state index is 13.6. The van der Waals surface area contributed by atoms with Gasteiger partial charge in [-0.1, -0.05) is 84.4 Å². The van der Waals surface area contributed by atoms with Gasteiger partial charge < -0.3 is 5.32 Å². The number of nitrogens with one attached hydrogen (secondary N) is 1. The van der Waals surface area contributed by atoms with Crippen molar-refractivity contribution in [2.75, 3.05) is 0 Å². The van der Waals surface area contributed by atoms with Crippen LogP contribution in [0, 0.1) is 0 Å². The summed E-state index contributed by atoms with van der Waals surface area (Å²) in [5.74, 6) is -0.549. The van der Waals surface area contributed by atoms with Crippen molar-refractivity contribution in [1.82, 2.24) is 5.32 Å². The van der Waals surface area contributed by atoms with Crippen LogP contribution in [0.2, 0.25) is 5.02 Å². The Bertz CT molecular complexity index is 1110. The fourth-order valence-corrected chi connectivity index (χ4v) is 3.83. The van der Waals surface area contributed by atoms with Gasteiger partial charge in [0.05, 0.1) is 6.04 Å². The second-order valence-corrected chi connectivity index (χ2v) is 7.55. The summed E-state index contributed by atoms with van der Waals surface area (Å²) in [5.41, 5.74) is -0.0527. The Kier molecular flexibility index (Phi) is 6.46. The molecule has 148 valence electrons. The van der Waals surface area contributed by atoms with Crippen molar-refractivity contribution in [2.45, 2.75) is 18.5 Å². The number of halogens is 1. The van der Waals surface area contributed by atoms with E-state index >= 15 is 0 Å². The number of rotatable bonds is 6. The molecule has 2 atom stereocenters. The fourth-order valence-electron chi connectivity index (χ4n) is 3.18. The Morgan fingerprint density at radius 3 is 1.97 bits per heavy atom. The smallest absolute Gasteiger partial charge is 0.312 e. The predicted molar refractivity (Wildman–Crippen MR) is 113 cm³/mol. The number of carbonyl (C=O) groups is 1. The Balaban J connectivity index is 2.17. The van der Waals surface area contributed by atoms with Crippen LogP contribution in [-0.4, -0.2) is 14.3 Å². The van der Waals surface area contributed by atoms with Crippen molar-refractivity contribution >= 4 is 28.0 Å². The number of hydrogen-bond acceptors (Lipinski definition) is 4. The zero-order valence-corrected chi connectivity index (χ0v) is 17.2. The van der Waals surface area contributed by atoms with Crippen molar-refractivity contribution < 1.29 is 13.2 Å². The van der Waals surface area contributed by atoms with Gasteiger partial charge in [0, 0.05) is 5.02 Å². The van der Waals surface area contributed by atoms with E-state index in [-0.39, 0.29) is 6.04 Å². The molecule has 0 bridgehead atoms. The predicted octanol–water partition coefficient (Wildman–Crippen LogP) is 4.52. The van der Waals surface area contributed by atoms with Gasteiger partial charge in [0.1, 0.15) is 0 Å². The molecule has 5 nitrogen and oxygen atoms in total. The van der Waals surface area contributed by atoms with Crippen LogP contribution < -0.4 is 5.32 Å². The molecule has 3 aromatic rings. The molecule has 0 aliphatic heterocycles. The van der Waals surface area contributed by atoms with Crippen LogP contribution in [0.3, 0.4) is 0 Å². The molecule has 1 N–H and O–H groups in total. The second kappa shape index (κ2) is 9.03. The van der Waals surface area contributed by atoms with Crippen LogP contribution in [0.15, 0.2) is 89.3 Å². The monoisotopic (exact) mass is 426 g/mol. The first kappa shape index (κ1) is 20.8. The largest absolute Gasteiger partial charge is 0.347 e. The molecular formula is C22H19ClN2O3S. The van der Waals surface area contributed by atoms with E-state index in [2.05, 4.69) is 9.68 Å². The molecule has 3 rings (SSSR count). The van der Waals surface area contributed by atoms with Gasteiger partial charge in [0.15, 0.2) is 0 Å². The lowest BCUT2D eigenvalue weighted by molar-refractivity contribution is -0.125. The number of benzene rings is 3. The Labute approximate surface area is 176 Å². The van der Waals surface area contributed by atoms with Gasteiger partial charge in [-0.25, -0.2) is 0 Å². The fraction of sp³-hybridized carbons (Fsp3) is 0.136. The van der Waals surface area contributed by atoms with Gasteiger partial charge >= 0.3 is 10.5 Å². The molecule has 0 spiro atoms. The Morgan fingerprint density at radius 1 is 0.897 bits per heavy atom. The van der Waals surface area contributed by atoms with Gasteiger partial charge in [-0.3, -0.25) is 4.79 Å². The standard InChI is InChI=1S/C22H19ClN2O3S/c1-16(17-8-4-2-5-9-17)24-21(26)22(25-29(27)28,18-10-6-3-7-11-18)19-12-14-20(23)15-13-19/h2-16H,1H3,(H,24,26). The number of amides is 1. The molecule has 1 amide bonds. The van der Waals surface area contributed by atoms with E-state index in [0.29, 0.717) is 16.1 Å². The van der Waals surface area contributed by atoms with Crippen molar-refractivity contribution in [2.24, 2.45) is 4.36 Å². The van der Waals surface area contributed by atoms with Crippen LogP contribution in [-0.2, 0) is 20.8 Å². The van der Waals surface area contributed by atoms with Crippen LogP contribution >= 0.6 is 11.6 Å². The SMILES string of the molecule is CC(NC(=O)C(N=S(=O)=O)(c1ccccc1)c1ccc(Cl)cc1)c1ccccc1. The van der Waals surface area contributed by atoms with Crippen molar-refractivity contribution in [3.63, 3.8) is 0 Å². The van der Waals surface area contributed by atoms with E-state index in [1.807, 2.05) is 37.3 Å². The van der Waals surface area contributed by atoms with E-state index in [0.717, 1.165) is 5.56 Å². The van der Waals surface area contributed by atoms with Gasteiger partial charge in [-0.2, -0.15) is 8.42 Å². The normalized spacial score (nSPS) is 13.7. The van der Waals surface area contributed by atoms with Crippen LogP contribution in [0.25, 0.3) is 0 Å². The summed E-state index contributed by atoms with van der Waals surface area (Å²) in [6.45, 7) is 1.83. The minimum atomic E-state index is -2.84. The van der Waals surface area contributed by atoms with E-state index in [1.165, 1.54) is 0 Å². The molecule has 3 aromatic carbocycles. The summed E-state index contributed by atoms with van der Waals surface area (Å²) in [6.07, 6.45) is 0. The van der Waals surface area contributed by atoms with Gasteiger partial charge in [-0.15, -0.1) is 4.36 Å². The topological polar surface area (TPSA) is 75.6 Å². The third-order valence-electron chi connectivity index (χ3n) is 4.64. The van der Waals surface area contributed by atoms with E-state index in [1.54, 1.807) is 54.6 Å². The summed E-state index contributed by atoms with van der Waals surface area (Å²) >= 11 is 6.00. The molecule has 7 heteroatoms. The lowest BCUT2D eigenvalue weighted by Gasteiger charge is -2.29. The summed E-state index contributed by atoms with van der Waals surface area (Å²) in [7, 11) is -2.84. The molecule has 29 heavy (non-hydrogen) atoms. The second-order valence-electron chi connectivity index (χ2n) is 6.50. The number of carbonyl (C=O) groups excluding carboxylic acids is 1. The van der Waals surface area contributed by atoms with E-state index < -0.39 is 21.9 Å². The summed E-state index contributed by atoms with van der Waals surface area (Å²) in [4.78, 5) is 13.6. The van der Waals surface area contributed by atoms with Crippen LogP contribution in [0.4, 0.5) is 0 Å². The molecule has 0 aromatic heterocycles. The minimum absolute atomic E-state index is 0.352. The first-order valence-corrected chi connectivity index (χ1v) is 10.3. The van der Waals surface area contributed by atoms with Crippen LogP contribution in [0.5, 0.6) is 0 Å². The highest BCUT2D eigenvalue weighted by atomic mass is 35.5. The quantitative estimate of drug-likeness (QED) is 0.629. The number of hydrogen-bond donors (Lipinski definition) is 1. The Hall–Kier alpha value is -2.96. The van der Waals surface area contributed by atoms with Crippen molar-refractivity contribution in [1.29, 1.82) is 0 Å². The lowest BCUT2D eigenvalue weighted by atomic mass is 9.82. The van der Waals surface area contributed by atoms with Gasteiger partial charge in [0.25, 0.3) is 5.91 Å². The maximum absolute atomic E-state index is 13.6. The third-order valence-corrected chi connectivity index (χ3v) is 5.32. The van der Waals surface area contributed by atoms with E-state index in [9.17, 15) is 13.2 Å². The lowest BCUT2D eigenvalue weighted by Crippen LogP contribution is -2.45. The highest BCUT2D eigenvalue weighted by molar-refractivity contribution is 7.61. The molecule has 0 saturated carbocycles. The van der Waals surface area contributed by atoms with Crippen LogP contribution in [0.1, 0.15) is 29.7 Å². The molecule has 0 heterocycles. The zero-order valence-electron chi connectivity index (χ0n) is 15.6. The summed E-state index contributed by atoms with van der Waals surface area (Å²) in [6, 6.07) is 24.1. The highest BCUT2D eigenvalue weighted by Gasteiger charge is 2.43. The molecule has 2 unspecified atom stereocenters. The minimum Gasteiger partial charge on any atom is -0.347 e. The molecular weight excluding hydrogens is 408 g/mol. The maximum Gasteiger partial charge on any atom is 0.312 e. The van der Waals surface area contributed by atoms with E-state index in [4.69, 9.17) is 11.6 Å². The molecule has 0 fully saturated rings. The molecule has 0 saturated heterocycles. The average molecular weight is 427 g/mol.